The smallest absolute Gasteiger partial charge is 0.116 e. The fourth-order valence-electron chi connectivity index (χ4n) is 2.88. The summed E-state index contributed by atoms with van der Waals surface area (Å²) in [5, 5.41) is 0. The van der Waals surface area contributed by atoms with Crippen LogP contribution in [0.3, 0.4) is 0 Å². The third kappa shape index (κ3) is 2.21. The Bertz CT molecular complexity index is 343. The van der Waals surface area contributed by atoms with E-state index in [2.05, 4.69) is 0 Å². The molecule has 4 aliphatic rings. The van der Waals surface area contributed by atoms with Gasteiger partial charge in [-0.05, 0) is 24.3 Å². The van der Waals surface area contributed by atoms with Crippen molar-refractivity contribution in [2.45, 2.75) is 37.6 Å². The summed E-state index contributed by atoms with van der Waals surface area (Å²) in [5.41, 5.74) is 1.41. The zero-order chi connectivity index (χ0) is 11.2. The minimum absolute atomic E-state index is 0.299. The van der Waals surface area contributed by atoms with Crippen LogP contribution in [0, 0.1) is 5.92 Å². The molecule has 0 spiro atoms. The van der Waals surface area contributed by atoms with Crippen molar-refractivity contribution in [3.05, 3.63) is 11.3 Å². The van der Waals surface area contributed by atoms with Crippen LogP contribution in [0.2, 0.25) is 0 Å². The average molecular weight is 238 g/mol. The van der Waals surface area contributed by atoms with Gasteiger partial charge < -0.3 is 18.9 Å². The summed E-state index contributed by atoms with van der Waals surface area (Å²) < 4.78 is 22.1. The molecule has 2 saturated heterocycles. The molecule has 4 atom stereocenters. The first kappa shape index (κ1) is 10.4. The Labute approximate surface area is 101 Å². The lowest BCUT2D eigenvalue weighted by Gasteiger charge is -2.21. The van der Waals surface area contributed by atoms with Gasteiger partial charge in [0.1, 0.15) is 18.8 Å². The van der Waals surface area contributed by atoms with Gasteiger partial charge in [-0.2, -0.15) is 0 Å². The number of allylic oxidation sites excluding steroid dienone is 1. The van der Waals surface area contributed by atoms with Gasteiger partial charge >= 0.3 is 0 Å². The molecule has 3 fully saturated rings. The second kappa shape index (κ2) is 3.97. The van der Waals surface area contributed by atoms with E-state index in [1.165, 1.54) is 24.2 Å². The summed E-state index contributed by atoms with van der Waals surface area (Å²) in [5.74, 6) is 1.95. The fourth-order valence-corrected chi connectivity index (χ4v) is 2.88. The number of epoxide rings is 2. The van der Waals surface area contributed by atoms with E-state index in [-0.39, 0.29) is 0 Å². The standard InChI is InChI=1S/C13H18O4/c1-8-2-12(16-6-9-4-14-9)11(1)13(3-8)17-7-10-5-15-10/h8-10,12H,1-7H2. The molecule has 4 unspecified atom stereocenters. The van der Waals surface area contributed by atoms with Crippen molar-refractivity contribution in [1.29, 1.82) is 0 Å². The van der Waals surface area contributed by atoms with Crippen molar-refractivity contribution in [2.75, 3.05) is 26.4 Å². The normalized spacial score (nSPS) is 42.1. The highest BCUT2D eigenvalue weighted by Crippen LogP contribution is 2.46. The Morgan fingerprint density at radius 3 is 2.53 bits per heavy atom. The van der Waals surface area contributed by atoms with E-state index in [9.17, 15) is 0 Å². The maximum Gasteiger partial charge on any atom is 0.116 e. The minimum Gasteiger partial charge on any atom is -0.495 e. The first-order valence-electron chi connectivity index (χ1n) is 6.58. The SMILES string of the molecule is C1C(OCC2CO2)=C2CC1CC2OCC1CO1. The van der Waals surface area contributed by atoms with Gasteiger partial charge in [0.25, 0.3) is 0 Å². The predicted molar refractivity (Wildman–Crippen MR) is 59.5 cm³/mol. The summed E-state index contributed by atoms with van der Waals surface area (Å²) in [6, 6.07) is 0. The van der Waals surface area contributed by atoms with Crippen molar-refractivity contribution >= 4 is 0 Å². The summed E-state index contributed by atoms with van der Waals surface area (Å²) in [7, 11) is 0. The van der Waals surface area contributed by atoms with Gasteiger partial charge in [0, 0.05) is 6.42 Å². The van der Waals surface area contributed by atoms with Gasteiger partial charge in [-0.3, -0.25) is 0 Å². The summed E-state index contributed by atoms with van der Waals surface area (Å²) in [6.07, 6.45) is 4.47. The third-order valence-corrected chi connectivity index (χ3v) is 4.01. The topological polar surface area (TPSA) is 43.5 Å². The average Bonchev–Trinajstić information content (AvgIpc) is 3.25. The zero-order valence-corrected chi connectivity index (χ0v) is 9.89. The highest BCUT2D eigenvalue weighted by molar-refractivity contribution is 5.26. The van der Waals surface area contributed by atoms with Crippen LogP contribution in [0.4, 0.5) is 0 Å². The van der Waals surface area contributed by atoms with E-state index in [4.69, 9.17) is 18.9 Å². The van der Waals surface area contributed by atoms with Gasteiger partial charge in [0.05, 0.1) is 31.7 Å². The van der Waals surface area contributed by atoms with Crippen LogP contribution in [0.25, 0.3) is 0 Å². The molecule has 0 aromatic heterocycles. The Kier molecular flexibility index (Phi) is 2.42. The molecule has 0 aromatic carbocycles. The minimum atomic E-state index is 0.299. The molecule has 0 aromatic rings. The molecular formula is C13H18O4. The summed E-state index contributed by atoms with van der Waals surface area (Å²) in [4.78, 5) is 0. The van der Waals surface area contributed by atoms with Gasteiger partial charge in [-0.15, -0.1) is 0 Å². The molecule has 2 aliphatic carbocycles. The van der Waals surface area contributed by atoms with Crippen LogP contribution in [0.1, 0.15) is 19.3 Å². The second-order valence-corrected chi connectivity index (χ2v) is 5.50. The quantitative estimate of drug-likeness (QED) is 0.653. The summed E-state index contributed by atoms with van der Waals surface area (Å²) in [6.45, 7) is 3.21. The Morgan fingerprint density at radius 2 is 1.82 bits per heavy atom. The maximum absolute atomic E-state index is 5.92. The molecule has 1 saturated carbocycles. The van der Waals surface area contributed by atoms with E-state index in [1.807, 2.05) is 0 Å². The molecule has 4 rings (SSSR count). The van der Waals surface area contributed by atoms with Crippen molar-refractivity contribution in [1.82, 2.24) is 0 Å². The monoisotopic (exact) mass is 238 g/mol. The lowest BCUT2D eigenvalue weighted by molar-refractivity contribution is 0.0523. The Hall–Kier alpha value is -0.580. The number of rotatable bonds is 6. The molecule has 2 heterocycles. The van der Waals surface area contributed by atoms with Gasteiger partial charge in [0.2, 0.25) is 0 Å². The van der Waals surface area contributed by atoms with Crippen LogP contribution >= 0.6 is 0 Å². The van der Waals surface area contributed by atoms with Crippen LogP contribution in [-0.2, 0) is 18.9 Å². The van der Waals surface area contributed by atoms with E-state index < -0.39 is 0 Å². The van der Waals surface area contributed by atoms with Crippen LogP contribution < -0.4 is 0 Å². The third-order valence-electron chi connectivity index (χ3n) is 4.01. The number of hydrogen-bond acceptors (Lipinski definition) is 4. The zero-order valence-electron chi connectivity index (χ0n) is 9.89. The largest absolute Gasteiger partial charge is 0.495 e. The number of hydrogen-bond donors (Lipinski definition) is 0. The number of ether oxygens (including phenoxy) is 4. The van der Waals surface area contributed by atoms with Crippen LogP contribution in [0.5, 0.6) is 0 Å². The molecule has 0 amide bonds. The van der Waals surface area contributed by atoms with Crippen molar-refractivity contribution < 1.29 is 18.9 Å². The number of fused-ring (bicyclic) bond motifs is 2. The van der Waals surface area contributed by atoms with Gasteiger partial charge in [0.15, 0.2) is 0 Å². The van der Waals surface area contributed by atoms with Crippen molar-refractivity contribution in [2.24, 2.45) is 5.92 Å². The molecule has 0 radical (unpaired) electrons. The fraction of sp³-hybridized carbons (Fsp3) is 0.846. The summed E-state index contributed by atoms with van der Waals surface area (Å²) >= 11 is 0. The highest BCUT2D eigenvalue weighted by atomic mass is 16.6. The Balaban J connectivity index is 1.36. The van der Waals surface area contributed by atoms with Crippen molar-refractivity contribution in [3.63, 3.8) is 0 Å². The lowest BCUT2D eigenvalue weighted by atomic mass is 10.0. The molecule has 94 valence electrons. The van der Waals surface area contributed by atoms with Gasteiger partial charge in [-0.1, -0.05) is 0 Å². The van der Waals surface area contributed by atoms with E-state index in [0.717, 1.165) is 38.8 Å². The maximum atomic E-state index is 5.92. The van der Waals surface area contributed by atoms with Crippen LogP contribution in [0.15, 0.2) is 11.3 Å². The molecule has 2 aliphatic heterocycles. The van der Waals surface area contributed by atoms with E-state index in [0.29, 0.717) is 18.3 Å². The Morgan fingerprint density at radius 1 is 1.06 bits per heavy atom. The molecular weight excluding hydrogens is 220 g/mol. The highest BCUT2D eigenvalue weighted by Gasteiger charge is 2.41. The molecule has 2 bridgehead atoms. The first-order chi connectivity index (χ1) is 8.38. The second-order valence-electron chi connectivity index (χ2n) is 5.50. The molecule has 17 heavy (non-hydrogen) atoms. The first-order valence-corrected chi connectivity index (χ1v) is 6.58. The molecule has 0 N–H and O–H groups in total. The predicted octanol–water partition coefficient (Wildman–Crippen LogP) is 1.25. The van der Waals surface area contributed by atoms with E-state index in [1.54, 1.807) is 0 Å². The molecule has 4 nitrogen and oxygen atoms in total. The van der Waals surface area contributed by atoms with E-state index >= 15 is 0 Å². The van der Waals surface area contributed by atoms with Crippen molar-refractivity contribution in [3.8, 4) is 0 Å². The lowest BCUT2D eigenvalue weighted by Crippen LogP contribution is -2.19. The molecule has 4 heteroatoms. The van der Waals surface area contributed by atoms with Gasteiger partial charge in [-0.25, -0.2) is 0 Å². The van der Waals surface area contributed by atoms with Crippen LogP contribution in [-0.4, -0.2) is 44.7 Å².